The number of carbonyl (C=O) groups excluding carboxylic acids is 2. The number of unbranched alkanes of at least 4 members (excludes halogenated alkanes) is 1. The van der Waals surface area contributed by atoms with Crippen LogP contribution in [0.15, 0.2) is 0 Å². The van der Waals surface area contributed by atoms with Gasteiger partial charge in [0, 0.05) is 32.2 Å². The van der Waals surface area contributed by atoms with Crippen LogP contribution in [0.25, 0.3) is 0 Å². The smallest absolute Gasteiger partial charge is 0.223 e. The zero-order chi connectivity index (χ0) is 21.9. The molecule has 0 bridgehead atoms. The van der Waals surface area contributed by atoms with Gasteiger partial charge in [-0.15, -0.1) is 0 Å². The summed E-state index contributed by atoms with van der Waals surface area (Å²) >= 11 is 0. The molecule has 0 atom stereocenters. The minimum atomic E-state index is 0.206. The van der Waals surface area contributed by atoms with Crippen LogP contribution in [0.3, 0.4) is 0 Å². The Kier molecular flexibility index (Phi) is 18.1. The highest BCUT2D eigenvalue weighted by atomic mass is 16.5. The van der Waals surface area contributed by atoms with Crippen LogP contribution in [0.5, 0.6) is 0 Å². The average Bonchev–Trinajstić information content (AvgIpc) is 2.78. The number of amides is 2. The van der Waals surface area contributed by atoms with Gasteiger partial charge >= 0.3 is 0 Å². The molecule has 0 saturated carbocycles. The second kappa shape index (κ2) is 18.9. The van der Waals surface area contributed by atoms with Gasteiger partial charge < -0.3 is 19.9 Å². The molecule has 6 heteroatoms. The third-order valence-electron chi connectivity index (χ3n) is 5.65. The summed E-state index contributed by atoms with van der Waals surface area (Å²) in [6, 6.07) is 0. The standard InChI is InChI=1S/C13H26N2O2.C8H15NO.C2H6/c1-3-4-10-17-11-7-14-13(16)12-5-8-15(2)9-6-12;1-2-8-3-5-9(7-10)6-4-8;1-2/h12H,3-11H2,1-2H3,(H,14,16);7-8H,2-6H2,1H3;1-2H3. The van der Waals surface area contributed by atoms with Gasteiger partial charge in [0.15, 0.2) is 0 Å². The SMILES string of the molecule is CC.CCC1CCN(C=O)CC1.CCCCOCCNC(=O)C1CCN(C)CC1. The number of hydrogen-bond donors (Lipinski definition) is 1. The highest BCUT2D eigenvalue weighted by Crippen LogP contribution is 2.18. The molecule has 29 heavy (non-hydrogen) atoms. The van der Waals surface area contributed by atoms with E-state index >= 15 is 0 Å². The molecular formula is C23H47N3O3. The second-order valence-corrected chi connectivity index (χ2v) is 7.83. The van der Waals surface area contributed by atoms with Gasteiger partial charge in [0.25, 0.3) is 0 Å². The maximum absolute atomic E-state index is 11.8. The van der Waals surface area contributed by atoms with Gasteiger partial charge in [0.1, 0.15) is 0 Å². The van der Waals surface area contributed by atoms with Crippen molar-refractivity contribution in [3.63, 3.8) is 0 Å². The van der Waals surface area contributed by atoms with E-state index in [1.165, 1.54) is 19.3 Å². The van der Waals surface area contributed by atoms with E-state index in [-0.39, 0.29) is 11.8 Å². The summed E-state index contributed by atoms with van der Waals surface area (Å²) in [6.45, 7) is 14.5. The fraction of sp³-hybridized carbons (Fsp3) is 0.913. The van der Waals surface area contributed by atoms with E-state index in [0.29, 0.717) is 13.2 Å². The molecule has 2 aliphatic rings. The molecule has 0 aromatic heterocycles. The molecule has 0 aromatic rings. The van der Waals surface area contributed by atoms with Crippen molar-refractivity contribution in [1.29, 1.82) is 0 Å². The van der Waals surface area contributed by atoms with E-state index < -0.39 is 0 Å². The summed E-state index contributed by atoms with van der Waals surface area (Å²) in [5.41, 5.74) is 0. The monoisotopic (exact) mass is 413 g/mol. The van der Waals surface area contributed by atoms with Gasteiger partial charge in [-0.25, -0.2) is 0 Å². The van der Waals surface area contributed by atoms with Crippen molar-refractivity contribution in [2.24, 2.45) is 11.8 Å². The molecule has 2 saturated heterocycles. The van der Waals surface area contributed by atoms with Gasteiger partial charge in [-0.3, -0.25) is 9.59 Å². The van der Waals surface area contributed by atoms with Crippen LogP contribution in [-0.4, -0.2) is 75.1 Å². The molecule has 2 rings (SSSR count). The topological polar surface area (TPSA) is 61.9 Å². The summed E-state index contributed by atoms with van der Waals surface area (Å²) in [6.07, 6.45) is 8.87. The zero-order valence-electron chi connectivity index (χ0n) is 19.8. The van der Waals surface area contributed by atoms with E-state index in [4.69, 9.17) is 4.74 Å². The number of nitrogens with one attached hydrogen (secondary N) is 1. The zero-order valence-corrected chi connectivity index (χ0v) is 19.8. The van der Waals surface area contributed by atoms with Crippen molar-refractivity contribution < 1.29 is 14.3 Å². The summed E-state index contributed by atoms with van der Waals surface area (Å²) in [5.74, 6) is 1.29. The molecule has 2 aliphatic heterocycles. The molecule has 2 amide bonds. The van der Waals surface area contributed by atoms with Crippen LogP contribution < -0.4 is 5.32 Å². The van der Waals surface area contributed by atoms with Gasteiger partial charge in [0.2, 0.25) is 12.3 Å². The number of ether oxygens (including phenoxy) is 1. The van der Waals surface area contributed by atoms with E-state index in [9.17, 15) is 9.59 Å². The predicted molar refractivity (Wildman–Crippen MR) is 121 cm³/mol. The summed E-state index contributed by atoms with van der Waals surface area (Å²) in [7, 11) is 2.11. The molecule has 2 fully saturated rings. The quantitative estimate of drug-likeness (QED) is 0.464. The van der Waals surface area contributed by atoms with E-state index in [1.54, 1.807) is 0 Å². The first kappa shape index (κ1) is 27.9. The fourth-order valence-electron chi connectivity index (χ4n) is 3.48. The van der Waals surface area contributed by atoms with Crippen LogP contribution in [-0.2, 0) is 14.3 Å². The van der Waals surface area contributed by atoms with Crippen molar-refractivity contribution in [2.45, 2.75) is 72.6 Å². The number of likely N-dealkylation sites (tertiary alicyclic amines) is 2. The number of hydrogen-bond acceptors (Lipinski definition) is 4. The Hall–Kier alpha value is -1.14. The highest BCUT2D eigenvalue weighted by molar-refractivity contribution is 5.78. The van der Waals surface area contributed by atoms with Crippen LogP contribution >= 0.6 is 0 Å². The lowest BCUT2D eigenvalue weighted by Gasteiger charge is -2.28. The molecule has 6 nitrogen and oxygen atoms in total. The molecule has 0 aliphatic carbocycles. The van der Waals surface area contributed by atoms with Gasteiger partial charge in [-0.2, -0.15) is 0 Å². The fourth-order valence-corrected chi connectivity index (χ4v) is 3.48. The lowest BCUT2D eigenvalue weighted by atomic mass is 9.95. The Morgan fingerprint density at radius 3 is 2.17 bits per heavy atom. The Labute approximate surface area is 179 Å². The summed E-state index contributed by atoms with van der Waals surface area (Å²) in [5, 5.41) is 2.96. The van der Waals surface area contributed by atoms with E-state index in [1.807, 2.05) is 18.7 Å². The molecule has 172 valence electrons. The first-order valence-corrected chi connectivity index (χ1v) is 11.8. The largest absolute Gasteiger partial charge is 0.380 e. The average molecular weight is 414 g/mol. The third kappa shape index (κ3) is 13.7. The van der Waals surface area contributed by atoms with Crippen LogP contribution in [0.4, 0.5) is 0 Å². The molecule has 0 aromatic carbocycles. The minimum absolute atomic E-state index is 0.206. The van der Waals surface area contributed by atoms with Crippen LogP contribution in [0.1, 0.15) is 72.6 Å². The Morgan fingerprint density at radius 2 is 1.66 bits per heavy atom. The minimum Gasteiger partial charge on any atom is -0.380 e. The van der Waals surface area contributed by atoms with Crippen molar-refractivity contribution in [2.75, 3.05) is 53.0 Å². The number of carbonyl (C=O) groups is 2. The van der Waals surface area contributed by atoms with E-state index in [0.717, 1.165) is 70.8 Å². The summed E-state index contributed by atoms with van der Waals surface area (Å²) in [4.78, 5) is 26.2. The molecule has 2 heterocycles. The van der Waals surface area contributed by atoms with E-state index in [2.05, 4.69) is 31.1 Å². The predicted octanol–water partition coefficient (Wildman–Crippen LogP) is 3.55. The van der Waals surface area contributed by atoms with Gasteiger partial charge in [0.05, 0.1) is 6.61 Å². The lowest BCUT2D eigenvalue weighted by Crippen LogP contribution is -2.39. The van der Waals surface area contributed by atoms with Crippen molar-refractivity contribution in [1.82, 2.24) is 15.1 Å². The van der Waals surface area contributed by atoms with Crippen LogP contribution in [0.2, 0.25) is 0 Å². The highest BCUT2D eigenvalue weighted by Gasteiger charge is 2.22. The first-order valence-electron chi connectivity index (χ1n) is 11.8. The van der Waals surface area contributed by atoms with Gasteiger partial charge in [-0.1, -0.05) is 40.5 Å². The normalized spacial score (nSPS) is 18.2. The van der Waals surface area contributed by atoms with Crippen LogP contribution in [0, 0.1) is 11.8 Å². The van der Waals surface area contributed by atoms with Crippen molar-refractivity contribution in [3.8, 4) is 0 Å². The molecular weight excluding hydrogens is 366 g/mol. The van der Waals surface area contributed by atoms with Crippen molar-refractivity contribution >= 4 is 12.3 Å². The number of nitrogens with zero attached hydrogens (tertiary/aromatic N) is 2. The maximum Gasteiger partial charge on any atom is 0.223 e. The third-order valence-corrected chi connectivity index (χ3v) is 5.65. The Balaban J connectivity index is 0.000000554. The molecule has 0 radical (unpaired) electrons. The number of piperidine rings is 2. The van der Waals surface area contributed by atoms with Crippen molar-refractivity contribution in [3.05, 3.63) is 0 Å². The van der Waals surface area contributed by atoms with Gasteiger partial charge in [-0.05, 0) is 58.2 Å². The lowest BCUT2D eigenvalue weighted by molar-refractivity contribution is -0.126. The first-order chi connectivity index (χ1) is 14.1. The molecule has 1 N–H and O–H groups in total. The molecule has 0 spiro atoms. The molecule has 0 unspecified atom stereocenters. The second-order valence-electron chi connectivity index (χ2n) is 7.83. The number of rotatable bonds is 9. The summed E-state index contributed by atoms with van der Waals surface area (Å²) < 4.78 is 5.41. The Morgan fingerprint density at radius 1 is 1.03 bits per heavy atom. The maximum atomic E-state index is 11.8. The Bertz CT molecular complexity index is 391.